The van der Waals surface area contributed by atoms with E-state index in [1.165, 1.54) is 42.5 Å². The number of nitrogens with one attached hydrogen (secondary N) is 1. The number of primary sulfonamides is 1. The summed E-state index contributed by atoms with van der Waals surface area (Å²) in [6.07, 6.45) is -0.307. The number of nitrogens with zero attached hydrogens (tertiary/aromatic N) is 1. The van der Waals surface area contributed by atoms with Gasteiger partial charge < -0.3 is 25.2 Å². The molecule has 4 aromatic rings. The Bertz CT molecular complexity index is 1830. The SMILES string of the molecule is CC(C)n1c(/C=C/[C@@H](O)C[C@@H](O)CC(=O)O)c(-c2ccc(F)cc2)c(-c2ccccc2)c1C(=O)Nc1cccc(S(N)(=O)=O)c1.[NaH]. The molecule has 4 rings (SSSR count). The molecule has 0 aliphatic heterocycles. The van der Waals surface area contributed by atoms with E-state index in [2.05, 4.69) is 5.32 Å². The van der Waals surface area contributed by atoms with Crippen molar-refractivity contribution < 1.29 is 37.7 Å². The van der Waals surface area contributed by atoms with E-state index in [0.29, 0.717) is 27.9 Å². The molecule has 1 amide bonds. The monoisotopic (exact) mass is 659 g/mol. The van der Waals surface area contributed by atoms with E-state index in [-0.39, 0.29) is 58.3 Å². The Morgan fingerprint density at radius 1 is 0.957 bits per heavy atom. The van der Waals surface area contributed by atoms with Crippen LogP contribution in [0.2, 0.25) is 0 Å². The molecular formula is C33H35FN3NaO7S. The van der Waals surface area contributed by atoms with E-state index in [1.807, 2.05) is 32.0 Å². The summed E-state index contributed by atoms with van der Waals surface area (Å²) in [5.74, 6) is -2.24. The van der Waals surface area contributed by atoms with Crippen LogP contribution in [0.4, 0.5) is 10.1 Å². The van der Waals surface area contributed by atoms with Crippen molar-refractivity contribution in [3.8, 4) is 22.3 Å². The second-order valence-electron chi connectivity index (χ2n) is 10.8. The molecule has 10 nitrogen and oxygen atoms in total. The molecule has 0 bridgehead atoms. The summed E-state index contributed by atoms with van der Waals surface area (Å²) in [5.41, 5.74) is 3.14. The molecule has 6 N–H and O–H groups in total. The second kappa shape index (κ2) is 15.8. The van der Waals surface area contributed by atoms with Crippen molar-refractivity contribution in [2.45, 2.75) is 49.8 Å². The van der Waals surface area contributed by atoms with E-state index < -0.39 is 46.3 Å². The summed E-state index contributed by atoms with van der Waals surface area (Å²) in [4.78, 5) is 25.0. The summed E-state index contributed by atoms with van der Waals surface area (Å²) in [7, 11) is -4.04. The second-order valence-corrected chi connectivity index (χ2v) is 12.3. The average Bonchev–Trinajstić information content (AvgIpc) is 3.32. The van der Waals surface area contributed by atoms with Crippen molar-refractivity contribution in [3.05, 3.63) is 102 Å². The quantitative estimate of drug-likeness (QED) is 0.140. The molecule has 238 valence electrons. The topological polar surface area (TPSA) is 172 Å². The third-order valence-corrected chi connectivity index (χ3v) is 7.90. The number of nitrogens with two attached hydrogens (primary N) is 1. The normalized spacial score (nSPS) is 12.9. The standard InChI is InChI=1S/C33H34FN3O7S.Na.H/c1-20(2)37-28(16-15-25(38)18-26(39)19-29(40)41)30(22-11-13-23(34)14-12-22)31(21-7-4-3-5-8-21)32(37)33(42)36-24-9-6-10-27(17-24)45(35,43)44;;/h3-17,20,25-26,38-39H,18-19H2,1-2H3,(H,36,42)(H,40,41)(H2,35,43,44);;/b16-15+;;/t25-,26-;;/m1../s1. The molecule has 46 heavy (non-hydrogen) atoms. The first-order valence-electron chi connectivity index (χ1n) is 14.1. The maximum absolute atomic E-state index is 14.2. The van der Waals surface area contributed by atoms with E-state index in [9.17, 15) is 32.6 Å². The predicted octanol–water partition coefficient (Wildman–Crippen LogP) is 4.39. The van der Waals surface area contributed by atoms with Gasteiger partial charge in [0.05, 0.1) is 23.5 Å². The van der Waals surface area contributed by atoms with Crippen LogP contribution in [0.5, 0.6) is 0 Å². The van der Waals surface area contributed by atoms with Crippen molar-refractivity contribution in [1.82, 2.24) is 4.57 Å². The van der Waals surface area contributed by atoms with Crippen molar-refractivity contribution in [3.63, 3.8) is 0 Å². The number of amides is 1. The molecule has 2 atom stereocenters. The summed E-state index contributed by atoms with van der Waals surface area (Å²) in [6.45, 7) is 3.71. The fourth-order valence-electron chi connectivity index (χ4n) is 5.11. The Kier molecular flexibility index (Phi) is 12.6. The molecule has 0 unspecified atom stereocenters. The maximum atomic E-state index is 14.2. The van der Waals surface area contributed by atoms with E-state index in [1.54, 1.807) is 34.9 Å². The number of carboxylic acid groups (broad SMARTS) is 1. The number of hydrogen-bond acceptors (Lipinski definition) is 6. The molecule has 0 fully saturated rings. The molecule has 0 radical (unpaired) electrons. The molecule has 1 aromatic heterocycles. The molecule has 0 saturated heterocycles. The van der Waals surface area contributed by atoms with Gasteiger partial charge in [0.2, 0.25) is 10.0 Å². The van der Waals surface area contributed by atoms with Crippen LogP contribution in [0.25, 0.3) is 28.3 Å². The van der Waals surface area contributed by atoms with Crippen molar-refractivity contribution in [2.24, 2.45) is 5.14 Å². The first kappa shape index (κ1) is 36.8. The molecule has 0 aliphatic carbocycles. The Hall–Kier alpha value is -3.62. The van der Waals surface area contributed by atoms with Gasteiger partial charge in [-0.15, -0.1) is 0 Å². The van der Waals surface area contributed by atoms with Crippen LogP contribution < -0.4 is 10.5 Å². The number of sulfonamides is 1. The van der Waals surface area contributed by atoms with Crippen LogP contribution in [-0.4, -0.2) is 81.9 Å². The third kappa shape index (κ3) is 9.01. The van der Waals surface area contributed by atoms with Gasteiger partial charge in [-0.1, -0.05) is 54.6 Å². The Morgan fingerprint density at radius 3 is 2.17 bits per heavy atom. The van der Waals surface area contributed by atoms with Gasteiger partial charge in [0, 0.05) is 35.0 Å². The van der Waals surface area contributed by atoms with E-state index >= 15 is 0 Å². The van der Waals surface area contributed by atoms with Gasteiger partial charge in [-0.3, -0.25) is 9.59 Å². The van der Waals surface area contributed by atoms with Crippen LogP contribution in [0.1, 0.15) is 48.9 Å². The number of aliphatic carboxylic acids is 1. The zero-order chi connectivity index (χ0) is 32.9. The fourth-order valence-corrected chi connectivity index (χ4v) is 5.67. The number of carboxylic acids is 1. The number of aromatic nitrogens is 1. The fraction of sp³-hybridized carbons (Fsp3) is 0.212. The van der Waals surface area contributed by atoms with Crippen LogP contribution in [0, 0.1) is 5.82 Å². The zero-order valence-corrected chi connectivity index (χ0v) is 25.4. The molecule has 13 heteroatoms. The van der Waals surface area contributed by atoms with Crippen molar-refractivity contribution in [1.29, 1.82) is 0 Å². The number of halogens is 1. The summed E-state index contributed by atoms with van der Waals surface area (Å²) >= 11 is 0. The van der Waals surface area contributed by atoms with Gasteiger partial charge in [0.25, 0.3) is 5.91 Å². The molecule has 0 aliphatic rings. The number of benzene rings is 3. The van der Waals surface area contributed by atoms with Crippen LogP contribution in [0.3, 0.4) is 0 Å². The molecule has 0 saturated carbocycles. The number of carbonyl (C=O) groups excluding carboxylic acids is 1. The number of carbonyl (C=O) groups is 2. The van der Waals surface area contributed by atoms with Crippen molar-refractivity contribution in [2.75, 3.05) is 5.32 Å². The van der Waals surface area contributed by atoms with Gasteiger partial charge in [0.15, 0.2) is 0 Å². The first-order valence-corrected chi connectivity index (χ1v) is 15.6. The van der Waals surface area contributed by atoms with Gasteiger partial charge in [-0.05, 0) is 61.4 Å². The zero-order valence-electron chi connectivity index (χ0n) is 24.6. The molecule has 3 aromatic carbocycles. The van der Waals surface area contributed by atoms with Gasteiger partial charge >= 0.3 is 35.5 Å². The van der Waals surface area contributed by atoms with Crippen LogP contribution in [0.15, 0.2) is 89.8 Å². The number of anilines is 1. The van der Waals surface area contributed by atoms with Gasteiger partial charge in [0.1, 0.15) is 11.5 Å². The third-order valence-electron chi connectivity index (χ3n) is 6.99. The van der Waals surface area contributed by atoms with Crippen LogP contribution in [-0.2, 0) is 14.8 Å². The van der Waals surface area contributed by atoms with Crippen LogP contribution >= 0.6 is 0 Å². The Morgan fingerprint density at radius 2 is 1.59 bits per heavy atom. The minimum atomic E-state index is -4.04. The molecular weight excluding hydrogens is 624 g/mol. The minimum absolute atomic E-state index is 0. The predicted molar refractivity (Wildman–Crippen MR) is 176 cm³/mol. The number of aliphatic hydroxyl groups excluding tert-OH is 2. The number of aliphatic hydroxyl groups is 2. The molecule has 0 spiro atoms. The summed E-state index contributed by atoms with van der Waals surface area (Å²) < 4.78 is 39.7. The average molecular weight is 660 g/mol. The molecule has 1 heterocycles. The first-order chi connectivity index (χ1) is 21.3. The van der Waals surface area contributed by atoms with E-state index in [0.717, 1.165) is 0 Å². The van der Waals surface area contributed by atoms with Gasteiger partial charge in [-0.2, -0.15) is 0 Å². The summed E-state index contributed by atoms with van der Waals surface area (Å²) in [5, 5.41) is 37.8. The summed E-state index contributed by atoms with van der Waals surface area (Å²) in [6, 6.07) is 20.0. The van der Waals surface area contributed by atoms with Gasteiger partial charge in [-0.25, -0.2) is 17.9 Å². The Labute approximate surface area is 288 Å². The van der Waals surface area contributed by atoms with Crippen molar-refractivity contribution >= 4 is 63.2 Å². The number of hydrogen-bond donors (Lipinski definition) is 5. The Balaban J connectivity index is 0.00000576. The number of rotatable bonds is 12. The van der Waals surface area contributed by atoms with E-state index in [4.69, 9.17) is 10.2 Å².